The van der Waals surface area contributed by atoms with Crippen molar-refractivity contribution in [1.29, 1.82) is 0 Å². The van der Waals surface area contributed by atoms with Gasteiger partial charge in [0.05, 0.1) is 41.8 Å². The molecule has 0 radical (unpaired) electrons. The molecule has 196 valence electrons. The molecule has 5 atom stereocenters. The summed E-state index contributed by atoms with van der Waals surface area (Å²) in [5.74, 6) is 0.157. The molecule has 3 saturated heterocycles. The molecule has 6 rings (SSSR count). The summed E-state index contributed by atoms with van der Waals surface area (Å²) in [6.45, 7) is 8.60. The average Bonchev–Trinajstić information content (AvgIpc) is 3.57. The Morgan fingerprint density at radius 2 is 1.76 bits per heavy atom. The van der Waals surface area contributed by atoms with Crippen molar-refractivity contribution in [2.75, 3.05) is 13.2 Å². The Kier molecular flexibility index (Phi) is 6.58. The SMILES string of the molecule is CC1(C)OB(c2ccc(-c3nc4cc(O[C@@H]5COC6[C@H](O)CO[C@@H]65)n(PI)c4cc3F)cc2)OC1(C)C. The zero-order chi connectivity index (χ0) is 26.1. The first-order valence-corrected chi connectivity index (χ1v) is 16.3. The number of pyridine rings is 1. The Balaban J connectivity index is 1.27. The van der Waals surface area contributed by atoms with Crippen LogP contribution in [0, 0.1) is 5.82 Å². The Hall–Kier alpha value is -1.34. The van der Waals surface area contributed by atoms with Gasteiger partial charge in [-0.25, -0.2) is 9.37 Å². The average molecular weight is 640 g/mol. The topological polar surface area (TPSA) is 84.2 Å². The minimum Gasteiger partial charge on any atom is -0.470 e. The van der Waals surface area contributed by atoms with E-state index in [1.54, 1.807) is 0 Å². The molecule has 2 aromatic heterocycles. The molecule has 37 heavy (non-hydrogen) atoms. The van der Waals surface area contributed by atoms with Crippen LogP contribution in [0.1, 0.15) is 27.7 Å². The number of aliphatic hydroxyl groups is 1. The highest BCUT2D eigenvalue weighted by Crippen LogP contribution is 2.40. The third kappa shape index (κ3) is 4.40. The smallest absolute Gasteiger partial charge is 0.470 e. The summed E-state index contributed by atoms with van der Waals surface area (Å²) in [5, 5.41) is 10.0. The summed E-state index contributed by atoms with van der Waals surface area (Å²) in [4.78, 5) is 4.66. The Labute approximate surface area is 229 Å². The van der Waals surface area contributed by atoms with E-state index in [9.17, 15) is 5.11 Å². The number of rotatable bonds is 5. The molecule has 3 aromatic rings. The van der Waals surface area contributed by atoms with Crippen LogP contribution in [0.3, 0.4) is 0 Å². The van der Waals surface area contributed by atoms with Crippen molar-refractivity contribution >= 4 is 52.0 Å². The number of aromatic nitrogens is 2. The Bertz CT molecular complexity index is 1320. The first-order valence-electron chi connectivity index (χ1n) is 12.2. The zero-order valence-corrected chi connectivity index (χ0v) is 24.1. The van der Waals surface area contributed by atoms with Crippen LogP contribution in [0.5, 0.6) is 5.88 Å². The van der Waals surface area contributed by atoms with E-state index in [0.29, 0.717) is 29.1 Å². The number of fused-ring (bicyclic) bond motifs is 2. The predicted octanol–water partition coefficient (Wildman–Crippen LogP) is 3.84. The van der Waals surface area contributed by atoms with Gasteiger partial charge in [-0.2, -0.15) is 0 Å². The largest absolute Gasteiger partial charge is 0.494 e. The standard InChI is InChI=1S/C25H28BFIN2O6P/c1-24(2)25(3,4)36-26(35-24)14-7-5-13(6-8-14)21-15(27)9-17-16(29-21)10-20(30(17)37-28)34-19-12-33-22-18(31)11-32-23(19)22/h5-10,18-19,22-23,31,37H,11-12H2,1-4H3/t18-,19-,22?,23-/m1/s1. The highest BCUT2D eigenvalue weighted by Gasteiger charge is 2.52. The fourth-order valence-electron chi connectivity index (χ4n) is 4.93. The van der Waals surface area contributed by atoms with E-state index in [-0.39, 0.29) is 37.0 Å². The van der Waals surface area contributed by atoms with Crippen molar-refractivity contribution in [3.8, 4) is 17.1 Å². The number of hydrogen-bond acceptors (Lipinski definition) is 7. The Morgan fingerprint density at radius 1 is 1.08 bits per heavy atom. The van der Waals surface area contributed by atoms with E-state index in [1.807, 2.05) is 62.4 Å². The lowest BCUT2D eigenvalue weighted by Crippen LogP contribution is -2.41. The lowest BCUT2D eigenvalue weighted by atomic mass is 9.79. The lowest BCUT2D eigenvalue weighted by molar-refractivity contribution is 0.00578. The van der Waals surface area contributed by atoms with Gasteiger partial charge in [-0.05, 0) is 55.2 Å². The van der Waals surface area contributed by atoms with Crippen molar-refractivity contribution in [1.82, 2.24) is 9.32 Å². The van der Waals surface area contributed by atoms with E-state index < -0.39 is 30.2 Å². The molecular weight excluding hydrogens is 612 g/mol. The van der Waals surface area contributed by atoms with Crippen LogP contribution < -0.4 is 10.2 Å². The third-order valence-corrected chi connectivity index (χ3v) is 9.83. The van der Waals surface area contributed by atoms with Crippen LogP contribution >= 0.6 is 28.4 Å². The number of hydrogen-bond donors (Lipinski definition) is 1. The highest BCUT2D eigenvalue weighted by molar-refractivity contribution is 14.2. The van der Waals surface area contributed by atoms with Gasteiger partial charge in [0.2, 0.25) is 0 Å². The van der Waals surface area contributed by atoms with Gasteiger partial charge in [0, 0.05) is 17.7 Å². The van der Waals surface area contributed by atoms with Crippen LogP contribution in [0.2, 0.25) is 0 Å². The molecule has 5 heterocycles. The van der Waals surface area contributed by atoms with Gasteiger partial charge in [0.15, 0.2) is 17.8 Å². The number of ether oxygens (including phenoxy) is 3. The zero-order valence-electron chi connectivity index (χ0n) is 20.9. The quantitative estimate of drug-likeness (QED) is 0.258. The number of nitrogens with zero attached hydrogens (tertiary/aromatic N) is 2. The fraction of sp³-hybridized carbons (Fsp3) is 0.480. The summed E-state index contributed by atoms with van der Waals surface area (Å²) in [5.41, 5.74) is 2.21. The molecule has 0 spiro atoms. The molecule has 0 aliphatic carbocycles. The molecule has 0 saturated carbocycles. The van der Waals surface area contributed by atoms with Gasteiger partial charge in [-0.3, -0.25) is 4.34 Å². The Morgan fingerprint density at radius 3 is 2.43 bits per heavy atom. The van der Waals surface area contributed by atoms with E-state index in [4.69, 9.17) is 23.5 Å². The molecule has 0 amide bonds. The predicted molar refractivity (Wildman–Crippen MR) is 148 cm³/mol. The molecule has 1 N–H and O–H groups in total. The van der Waals surface area contributed by atoms with E-state index >= 15 is 4.39 Å². The van der Waals surface area contributed by atoms with Crippen LogP contribution in [-0.2, 0) is 18.8 Å². The normalized spacial score (nSPS) is 28.6. The van der Waals surface area contributed by atoms with Gasteiger partial charge in [0.1, 0.15) is 24.0 Å². The number of halogens is 2. The van der Waals surface area contributed by atoms with Crippen LogP contribution in [-0.4, -0.2) is 70.4 Å². The van der Waals surface area contributed by atoms with Gasteiger partial charge >= 0.3 is 7.12 Å². The minimum absolute atomic E-state index is 0.232. The van der Waals surface area contributed by atoms with Crippen molar-refractivity contribution in [2.45, 2.75) is 63.3 Å². The molecule has 1 aromatic carbocycles. The second kappa shape index (κ2) is 9.40. The van der Waals surface area contributed by atoms with Crippen LogP contribution in [0.4, 0.5) is 4.39 Å². The molecule has 3 fully saturated rings. The molecule has 0 bridgehead atoms. The first kappa shape index (κ1) is 25.9. The van der Waals surface area contributed by atoms with Gasteiger partial charge in [-0.1, -0.05) is 24.3 Å². The molecule has 3 aliphatic rings. The van der Waals surface area contributed by atoms with Crippen LogP contribution in [0.15, 0.2) is 36.4 Å². The third-order valence-electron chi connectivity index (χ3n) is 7.75. The van der Waals surface area contributed by atoms with Crippen molar-refractivity contribution in [3.05, 3.63) is 42.2 Å². The molecule has 2 unspecified atom stereocenters. The maximum atomic E-state index is 15.3. The van der Waals surface area contributed by atoms with E-state index in [0.717, 1.165) is 5.46 Å². The van der Waals surface area contributed by atoms with Gasteiger partial charge < -0.3 is 28.6 Å². The fourth-order valence-corrected chi connectivity index (χ4v) is 6.90. The lowest BCUT2D eigenvalue weighted by Gasteiger charge is -2.32. The first-order chi connectivity index (χ1) is 17.6. The maximum absolute atomic E-state index is 15.3. The number of benzene rings is 1. The van der Waals surface area contributed by atoms with Crippen molar-refractivity contribution in [3.63, 3.8) is 0 Å². The minimum atomic E-state index is -0.648. The number of aliphatic hydroxyl groups excluding tert-OH is 1. The molecule has 12 heteroatoms. The summed E-state index contributed by atoms with van der Waals surface area (Å²) < 4.78 is 47.1. The summed E-state index contributed by atoms with van der Waals surface area (Å²) in [6.07, 6.45) is -1.44. The second-order valence-electron chi connectivity index (χ2n) is 10.7. The van der Waals surface area contributed by atoms with Crippen LogP contribution in [0.25, 0.3) is 22.3 Å². The monoisotopic (exact) mass is 640 g/mol. The summed E-state index contributed by atoms with van der Waals surface area (Å²) in [7, 11) is -0.484. The molecule has 3 aliphatic heterocycles. The molecule has 8 nitrogen and oxygen atoms in total. The molecular formula is C25H28BFIN2O6P. The summed E-state index contributed by atoms with van der Waals surface area (Å²) >= 11 is 2.24. The highest BCUT2D eigenvalue weighted by atomic mass is 127. The van der Waals surface area contributed by atoms with Crippen molar-refractivity contribution in [2.24, 2.45) is 0 Å². The summed E-state index contributed by atoms with van der Waals surface area (Å²) in [6, 6.07) is 10.8. The van der Waals surface area contributed by atoms with E-state index in [2.05, 4.69) is 27.0 Å². The van der Waals surface area contributed by atoms with E-state index in [1.165, 1.54) is 6.07 Å². The van der Waals surface area contributed by atoms with Gasteiger partial charge in [0.25, 0.3) is 0 Å². The van der Waals surface area contributed by atoms with Gasteiger partial charge in [-0.15, -0.1) is 0 Å². The van der Waals surface area contributed by atoms with Crippen molar-refractivity contribution < 1.29 is 33.0 Å². The second-order valence-corrected chi connectivity index (χ2v) is 12.7. The maximum Gasteiger partial charge on any atom is 0.494 e.